The fraction of sp³-hybridized carbons (Fsp3) is 0.917. The molecule has 1 fully saturated rings. The summed E-state index contributed by atoms with van der Waals surface area (Å²) < 4.78 is 0. The number of rotatable bonds is 7. The monoisotopic (exact) mass is 241 g/mol. The summed E-state index contributed by atoms with van der Waals surface area (Å²) in [4.78, 5) is 11.4. The summed E-state index contributed by atoms with van der Waals surface area (Å²) in [6.07, 6.45) is 5.80. The van der Waals surface area contributed by atoms with E-state index in [2.05, 4.69) is 5.32 Å². The number of nitrogens with one attached hydrogen (secondary N) is 1. The molecule has 1 aliphatic rings. The molecule has 1 aliphatic carbocycles. The normalized spacial score (nSPS) is 28.3. The van der Waals surface area contributed by atoms with Crippen LogP contribution in [-0.4, -0.2) is 36.1 Å². The van der Waals surface area contributed by atoms with Gasteiger partial charge in [0.1, 0.15) is 0 Å². The second-order valence-corrected chi connectivity index (χ2v) is 5.41. The summed E-state index contributed by atoms with van der Waals surface area (Å²) in [5.41, 5.74) is -0.521. The largest absolute Gasteiger partial charge is 0.481 e. The Morgan fingerprint density at radius 2 is 2.24 bits per heavy atom. The van der Waals surface area contributed by atoms with E-state index < -0.39 is 11.4 Å². The SMILES string of the molecule is CN[C@H]1CC[C@@](CCCCB(C)O)(C(=O)O)C1. The average Bonchev–Trinajstić information content (AvgIpc) is 2.69. The molecule has 0 amide bonds. The van der Waals surface area contributed by atoms with E-state index in [0.717, 1.165) is 44.8 Å². The van der Waals surface area contributed by atoms with Crippen LogP contribution in [0.4, 0.5) is 0 Å². The molecule has 0 aliphatic heterocycles. The molecule has 5 heteroatoms. The van der Waals surface area contributed by atoms with E-state index in [1.807, 2.05) is 7.05 Å². The minimum atomic E-state index is -0.646. The molecule has 0 aromatic rings. The first kappa shape index (κ1) is 14.5. The Morgan fingerprint density at radius 1 is 1.53 bits per heavy atom. The van der Waals surface area contributed by atoms with Crippen molar-refractivity contribution in [3.05, 3.63) is 0 Å². The van der Waals surface area contributed by atoms with Gasteiger partial charge >= 0.3 is 5.97 Å². The molecule has 0 heterocycles. The van der Waals surface area contributed by atoms with Crippen LogP contribution in [0.5, 0.6) is 0 Å². The Bertz CT molecular complexity index is 260. The zero-order valence-electron chi connectivity index (χ0n) is 10.9. The van der Waals surface area contributed by atoms with Crippen LogP contribution in [0, 0.1) is 5.41 Å². The molecule has 1 saturated carbocycles. The predicted octanol–water partition coefficient (Wildman–Crippen LogP) is 1.61. The lowest BCUT2D eigenvalue weighted by Crippen LogP contribution is -2.31. The zero-order valence-corrected chi connectivity index (χ0v) is 10.9. The molecule has 0 aromatic carbocycles. The Hall–Kier alpha value is -0.545. The van der Waals surface area contributed by atoms with E-state index in [1.165, 1.54) is 0 Å². The Morgan fingerprint density at radius 3 is 2.71 bits per heavy atom. The van der Waals surface area contributed by atoms with Gasteiger partial charge in [-0.05, 0) is 39.1 Å². The number of unbranched alkanes of at least 4 members (excludes halogenated alkanes) is 1. The topological polar surface area (TPSA) is 69.6 Å². The Kier molecular flexibility index (Phi) is 5.47. The van der Waals surface area contributed by atoms with Crippen molar-refractivity contribution < 1.29 is 14.9 Å². The molecule has 0 aromatic heterocycles. The molecule has 0 saturated heterocycles. The molecule has 2 atom stereocenters. The Labute approximate surface area is 104 Å². The maximum absolute atomic E-state index is 11.4. The van der Waals surface area contributed by atoms with Crippen LogP contribution in [0.1, 0.15) is 38.5 Å². The highest BCUT2D eigenvalue weighted by Crippen LogP contribution is 2.42. The second kappa shape index (κ2) is 6.40. The van der Waals surface area contributed by atoms with Gasteiger partial charge in [0.05, 0.1) is 5.41 Å². The highest BCUT2D eigenvalue weighted by atomic mass is 16.4. The summed E-state index contributed by atoms with van der Waals surface area (Å²) in [5, 5.41) is 21.8. The van der Waals surface area contributed by atoms with Crippen molar-refractivity contribution in [1.29, 1.82) is 0 Å². The third-order valence-corrected chi connectivity index (χ3v) is 4.00. The minimum absolute atomic E-state index is 0.274. The molecule has 0 bridgehead atoms. The van der Waals surface area contributed by atoms with Gasteiger partial charge in [-0.2, -0.15) is 0 Å². The smallest absolute Gasteiger partial charge is 0.309 e. The molecule has 98 valence electrons. The van der Waals surface area contributed by atoms with Crippen LogP contribution in [0.15, 0.2) is 0 Å². The summed E-state index contributed by atoms with van der Waals surface area (Å²) in [6, 6.07) is 0.350. The highest BCUT2D eigenvalue weighted by Gasteiger charge is 2.44. The molecule has 3 N–H and O–H groups in total. The minimum Gasteiger partial charge on any atom is -0.481 e. The van der Waals surface area contributed by atoms with Gasteiger partial charge in [-0.15, -0.1) is 0 Å². The van der Waals surface area contributed by atoms with Crippen LogP contribution < -0.4 is 5.32 Å². The summed E-state index contributed by atoms with van der Waals surface area (Å²) in [7, 11) is 1.90. The van der Waals surface area contributed by atoms with Gasteiger partial charge in [0.25, 0.3) is 6.92 Å². The van der Waals surface area contributed by atoms with Gasteiger partial charge in [-0.25, -0.2) is 0 Å². The van der Waals surface area contributed by atoms with Crippen molar-refractivity contribution in [1.82, 2.24) is 5.32 Å². The fourth-order valence-electron chi connectivity index (χ4n) is 2.80. The quantitative estimate of drug-likeness (QED) is 0.468. The lowest BCUT2D eigenvalue weighted by atomic mass is 9.66. The molecule has 0 radical (unpaired) electrons. The standard InChI is InChI=1S/C12H24BNO3/c1-13(17)8-4-3-6-12(11(15)16)7-5-10(9-12)14-2/h10,14,17H,3-9H2,1-2H3,(H,15,16)/t10-,12+/m0/s1. The van der Waals surface area contributed by atoms with Crippen LogP contribution in [-0.2, 0) is 4.79 Å². The van der Waals surface area contributed by atoms with E-state index >= 15 is 0 Å². The first-order valence-electron chi connectivity index (χ1n) is 6.59. The van der Waals surface area contributed by atoms with E-state index in [4.69, 9.17) is 0 Å². The molecule has 1 rings (SSSR count). The van der Waals surface area contributed by atoms with Crippen molar-refractivity contribution in [2.24, 2.45) is 5.41 Å². The number of carboxylic acid groups (broad SMARTS) is 1. The molecule has 0 spiro atoms. The van der Waals surface area contributed by atoms with Crippen molar-refractivity contribution in [2.45, 2.75) is 57.7 Å². The second-order valence-electron chi connectivity index (χ2n) is 5.41. The number of hydrogen-bond acceptors (Lipinski definition) is 3. The summed E-state index contributed by atoms with van der Waals surface area (Å²) in [6.45, 7) is 1.50. The first-order chi connectivity index (χ1) is 8.00. The summed E-state index contributed by atoms with van der Waals surface area (Å²) in [5.74, 6) is -0.646. The van der Waals surface area contributed by atoms with E-state index in [-0.39, 0.29) is 6.92 Å². The van der Waals surface area contributed by atoms with E-state index in [1.54, 1.807) is 6.82 Å². The highest BCUT2D eigenvalue weighted by molar-refractivity contribution is 6.48. The molecule has 0 unspecified atom stereocenters. The molecular weight excluding hydrogens is 217 g/mol. The molecule has 4 nitrogen and oxygen atoms in total. The van der Waals surface area contributed by atoms with Gasteiger partial charge in [0, 0.05) is 6.04 Å². The van der Waals surface area contributed by atoms with Crippen molar-refractivity contribution >= 4 is 12.9 Å². The van der Waals surface area contributed by atoms with Crippen molar-refractivity contribution in [3.63, 3.8) is 0 Å². The lowest BCUT2D eigenvalue weighted by molar-refractivity contribution is -0.149. The number of hydrogen-bond donors (Lipinski definition) is 3. The number of aliphatic carboxylic acids is 1. The lowest BCUT2D eigenvalue weighted by Gasteiger charge is -2.24. The summed E-state index contributed by atoms with van der Waals surface area (Å²) >= 11 is 0. The molecular formula is C12H24BNO3. The predicted molar refractivity (Wildman–Crippen MR) is 69.3 cm³/mol. The van der Waals surface area contributed by atoms with Crippen LogP contribution >= 0.6 is 0 Å². The first-order valence-corrected chi connectivity index (χ1v) is 6.59. The van der Waals surface area contributed by atoms with E-state index in [9.17, 15) is 14.9 Å². The van der Waals surface area contributed by atoms with Gasteiger partial charge in [0.2, 0.25) is 0 Å². The maximum atomic E-state index is 11.4. The van der Waals surface area contributed by atoms with E-state index in [0.29, 0.717) is 6.04 Å². The number of carboxylic acids is 1. The average molecular weight is 241 g/mol. The van der Waals surface area contributed by atoms with Gasteiger partial charge in [-0.1, -0.05) is 19.7 Å². The third-order valence-electron chi connectivity index (χ3n) is 4.00. The fourth-order valence-corrected chi connectivity index (χ4v) is 2.80. The molecule has 17 heavy (non-hydrogen) atoms. The van der Waals surface area contributed by atoms with Gasteiger partial charge < -0.3 is 15.4 Å². The Balaban J connectivity index is 2.42. The van der Waals surface area contributed by atoms with Crippen molar-refractivity contribution in [2.75, 3.05) is 7.05 Å². The van der Waals surface area contributed by atoms with Crippen LogP contribution in [0.3, 0.4) is 0 Å². The zero-order chi connectivity index (χ0) is 12.9. The van der Waals surface area contributed by atoms with Crippen molar-refractivity contribution in [3.8, 4) is 0 Å². The van der Waals surface area contributed by atoms with Crippen LogP contribution in [0.2, 0.25) is 13.1 Å². The van der Waals surface area contributed by atoms with Gasteiger partial charge in [-0.3, -0.25) is 4.79 Å². The van der Waals surface area contributed by atoms with Gasteiger partial charge in [0.15, 0.2) is 0 Å². The maximum Gasteiger partial charge on any atom is 0.309 e. The van der Waals surface area contributed by atoms with Crippen LogP contribution in [0.25, 0.3) is 0 Å². The third kappa shape index (κ3) is 4.00. The number of carbonyl (C=O) groups is 1.